The van der Waals surface area contributed by atoms with Crippen molar-refractivity contribution in [3.05, 3.63) is 12.3 Å². The highest BCUT2D eigenvalue weighted by atomic mass is 35.5. The molecule has 88 valence electrons. The van der Waals surface area contributed by atoms with Gasteiger partial charge in [0.25, 0.3) is 0 Å². The summed E-state index contributed by atoms with van der Waals surface area (Å²) in [5.41, 5.74) is 0. The third-order valence-corrected chi connectivity index (χ3v) is 2.76. The second-order valence-electron chi connectivity index (χ2n) is 4.30. The molecule has 1 aromatic heterocycles. The Balaban J connectivity index is 1.93. The number of rotatable bonds is 4. The van der Waals surface area contributed by atoms with Gasteiger partial charge in [0.1, 0.15) is 0 Å². The second kappa shape index (κ2) is 4.87. The minimum Gasteiger partial charge on any atom is -0.475 e. The molecule has 16 heavy (non-hydrogen) atoms. The van der Waals surface area contributed by atoms with Gasteiger partial charge in [-0.25, -0.2) is 4.98 Å². The van der Waals surface area contributed by atoms with Crippen LogP contribution in [0.15, 0.2) is 12.3 Å². The molecule has 1 aromatic rings. The van der Waals surface area contributed by atoms with Crippen LogP contribution in [-0.4, -0.2) is 27.5 Å². The Hall–Kier alpha value is -1.03. The molecule has 2 rings (SSSR count). The summed E-state index contributed by atoms with van der Waals surface area (Å²) < 4.78 is 5.49. The molecular weight excluding hydrogens is 226 g/mol. The fraction of sp³-hybridized carbons (Fsp3) is 0.636. The van der Waals surface area contributed by atoms with Crippen LogP contribution in [0.2, 0.25) is 0 Å². The number of hydrogen-bond acceptors (Lipinski definition) is 4. The van der Waals surface area contributed by atoms with Crippen LogP contribution in [0.5, 0.6) is 5.88 Å². The minimum atomic E-state index is 0.124. The lowest BCUT2D eigenvalue weighted by Gasteiger charge is -2.31. The summed E-state index contributed by atoms with van der Waals surface area (Å²) in [4.78, 5) is 8.42. The summed E-state index contributed by atoms with van der Waals surface area (Å²) in [5, 5.41) is 3.53. The Morgan fingerprint density at radius 3 is 2.88 bits per heavy atom. The van der Waals surface area contributed by atoms with Crippen molar-refractivity contribution < 1.29 is 4.74 Å². The van der Waals surface area contributed by atoms with Crippen LogP contribution in [0.25, 0.3) is 0 Å². The molecular formula is C11H16ClN3O. The lowest BCUT2D eigenvalue weighted by Crippen LogP contribution is -2.36. The smallest absolute Gasteiger partial charge is 0.226 e. The van der Waals surface area contributed by atoms with Gasteiger partial charge in [0.2, 0.25) is 11.8 Å². The van der Waals surface area contributed by atoms with Gasteiger partial charge in [-0.1, -0.05) is 0 Å². The normalized spacial score (nSPS) is 24.0. The van der Waals surface area contributed by atoms with Crippen molar-refractivity contribution in [2.75, 3.05) is 5.32 Å². The average molecular weight is 242 g/mol. The first-order chi connectivity index (χ1) is 7.63. The van der Waals surface area contributed by atoms with Gasteiger partial charge >= 0.3 is 0 Å². The number of nitrogens with zero attached hydrogens (tertiary/aromatic N) is 2. The molecule has 0 spiro atoms. The zero-order valence-corrected chi connectivity index (χ0v) is 10.2. The van der Waals surface area contributed by atoms with E-state index in [1.807, 2.05) is 13.8 Å². The Labute approximate surface area is 100 Å². The first-order valence-corrected chi connectivity index (χ1v) is 5.97. The molecule has 0 atom stereocenters. The predicted octanol–water partition coefficient (Wildman–Crippen LogP) is 2.45. The highest BCUT2D eigenvalue weighted by Crippen LogP contribution is 2.27. The molecule has 0 bridgehead atoms. The first kappa shape index (κ1) is 11.5. The van der Waals surface area contributed by atoms with E-state index in [1.165, 1.54) is 0 Å². The molecule has 1 aliphatic rings. The molecule has 1 saturated carbocycles. The molecule has 0 aliphatic heterocycles. The van der Waals surface area contributed by atoms with Crippen molar-refractivity contribution in [2.24, 2.45) is 0 Å². The number of aromatic nitrogens is 2. The van der Waals surface area contributed by atoms with E-state index < -0.39 is 0 Å². The first-order valence-electron chi connectivity index (χ1n) is 5.54. The maximum absolute atomic E-state index is 5.90. The summed E-state index contributed by atoms with van der Waals surface area (Å²) in [6.07, 6.45) is 3.77. The summed E-state index contributed by atoms with van der Waals surface area (Å²) >= 11 is 5.90. The van der Waals surface area contributed by atoms with Gasteiger partial charge in [0.05, 0.1) is 6.10 Å². The quantitative estimate of drug-likeness (QED) is 0.823. The number of anilines is 1. The number of nitrogens with one attached hydrogen (secondary N) is 1. The summed E-state index contributed by atoms with van der Waals surface area (Å²) in [6, 6.07) is 2.16. The standard InChI is InChI=1S/C11H16ClN3O/c1-7(2)16-10-3-4-13-11(15-10)14-9-5-8(12)6-9/h3-4,7-9H,5-6H2,1-2H3,(H,13,14,15). The van der Waals surface area contributed by atoms with Crippen molar-refractivity contribution >= 4 is 17.5 Å². The predicted molar refractivity (Wildman–Crippen MR) is 64.1 cm³/mol. The average Bonchev–Trinajstić information content (AvgIpc) is 2.15. The highest BCUT2D eigenvalue weighted by Gasteiger charge is 2.27. The molecule has 0 radical (unpaired) electrons. The second-order valence-corrected chi connectivity index (χ2v) is 4.91. The molecule has 1 N–H and O–H groups in total. The Morgan fingerprint density at radius 1 is 1.50 bits per heavy atom. The van der Waals surface area contributed by atoms with E-state index in [0.717, 1.165) is 12.8 Å². The molecule has 1 heterocycles. The van der Waals surface area contributed by atoms with E-state index in [2.05, 4.69) is 15.3 Å². The van der Waals surface area contributed by atoms with E-state index in [-0.39, 0.29) is 6.10 Å². The van der Waals surface area contributed by atoms with Gasteiger partial charge in [0.15, 0.2) is 0 Å². The summed E-state index contributed by atoms with van der Waals surface area (Å²) in [6.45, 7) is 3.94. The molecule has 0 aromatic carbocycles. The van der Waals surface area contributed by atoms with E-state index in [0.29, 0.717) is 23.2 Å². The van der Waals surface area contributed by atoms with Crippen LogP contribution < -0.4 is 10.1 Å². The third kappa shape index (κ3) is 2.98. The number of ether oxygens (including phenoxy) is 1. The van der Waals surface area contributed by atoms with Crippen molar-refractivity contribution in [1.29, 1.82) is 0 Å². The zero-order valence-electron chi connectivity index (χ0n) is 9.48. The van der Waals surface area contributed by atoms with Gasteiger partial charge in [-0.2, -0.15) is 4.98 Å². The Kier molecular flexibility index (Phi) is 3.49. The molecule has 4 nitrogen and oxygen atoms in total. The third-order valence-electron chi connectivity index (χ3n) is 2.40. The highest BCUT2D eigenvalue weighted by molar-refractivity contribution is 6.21. The van der Waals surface area contributed by atoms with E-state index >= 15 is 0 Å². The van der Waals surface area contributed by atoms with Crippen molar-refractivity contribution in [3.63, 3.8) is 0 Å². The lowest BCUT2D eigenvalue weighted by molar-refractivity contribution is 0.232. The summed E-state index contributed by atoms with van der Waals surface area (Å²) in [7, 11) is 0. The van der Waals surface area contributed by atoms with Crippen LogP contribution in [-0.2, 0) is 0 Å². The SMILES string of the molecule is CC(C)Oc1ccnc(NC2CC(Cl)C2)n1. The Bertz CT molecular complexity index is 353. The topological polar surface area (TPSA) is 47.0 Å². The van der Waals surface area contributed by atoms with Gasteiger partial charge in [-0.05, 0) is 26.7 Å². The lowest BCUT2D eigenvalue weighted by atomic mass is 9.93. The van der Waals surface area contributed by atoms with Gasteiger partial charge in [0, 0.05) is 23.7 Å². The van der Waals surface area contributed by atoms with Crippen LogP contribution in [0.3, 0.4) is 0 Å². The van der Waals surface area contributed by atoms with Gasteiger partial charge in [-0.15, -0.1) is 11.6 Å². The number of hydrogen-bond donors (Lipinski definition) is 1. The molecule has 0 unspecified atom stereocenters. The molecule has 0 amide bonds. The van der Waals surface area contributed by atoms with Crippen molar-refractivity contribution in [3.8, 4) is 5.88 Å². The Morgan fingerprint density at radius 2 is 2.25 bits per heavy atom. The molecule has 1 aliphatic carbocycles. The minimum absolute atomic E-state index is 0.124. The molecule has 1 fully saturated rings. The zero-order chi connectivity index (χ0) is 11.5. The number of alkyl halides is 1. The summed E-state index contributed by atoms with van der Waals surface area (Å²) in [5.74, 6) is 1.22. The van der Waals surface area contributed by atoms with Crippen LogP contribution in [0.4, 0.5) is 5.95 Å². The monoisotopic (exact) mass is 241 g/mol. The number of halogens is 1. The van der Waals surface area contributed by atoms with Gasteiger partial charge < -0.3 is 10.1 Å². The maximum Gasteiger partial charge on any atom is 0.226 e. The van der Waals surface area contributed by atoms with Crippen LogP contribution in [0, 0.1) is 0 Å². The van der Waals surface area contributed by atoms with Crippen molar-refractivity contribution in [1.82, 2.24) is 9.97 Å². The maximum atomic E-state index is 5.90. The van der Waals surface area contributed by atoms with E-state index in [9.17, 15) is 0 Å². The van der Waals surface area contributed by atoms with Crippen LogP contribution >= 0.6 is 11.6 Å². The van der Waals surface area contributed by atoms with E-state index in [1.54, 1.807) is 12.3 Å². The fourth-order valence-electron chi connectivity index (χ4n) is 1.57. The van der Waals surface area contributed by atoms with Crippen molar-refractivity contribution in [2.45, 2.75) is 44.2 Å². The largest absolute Gasteiger partial charge is 0.475 e. The fourth-order valence-corrected chi connectivity index (χ4v) is 2.00. The van der Waals surface area contributed by atoms with Gasteiger partial charge in [-0.3, -0.25) is 0 Å². The molecule has 5 heteroatoms. The molecule has 0 saturated heterocycles. The van der Waals surface area contributed by atoms with E-state index in [4.69, 9.17) is 16.3 Å². The van der Waals surface area contributed by atoms with Crippen LogP contribution in [0.1, 0.15) is 26.7 Å².